The molecule has 12 heavy (non-hydrogen) atoms. The Morgan fingerprint density at radius 3 is 2.92 bits per heavy atom. The van der Waals surface area contributed by atoms with Crippen LogP contribution in [0, 0.1) is 0 Å². The van der Waals surface area contributed by atoms with Gasteiger partial charge in [0.05, 0.1) is 18.9 Å². The Kier molecular flexibility index (Phi) is 2.88. The third-order valence-electron chi connectivity index (χ3n) is 1.24. The average Bonchev–Trinajstić information content (AvgIpc) is 2.04. The molecule has 1 aromatic rings. The van der Waals surface area contributed by atoms with Crippen LogP contribution in [0.15, 0.2) is 12.6 Å². The second-order valence-corrected chi connectivity index (χ2v) is 2.36. The standard InChI is InChI=1S/C7H8ClN3O/c1-12-3-2-5-6(8)10-4-11-7(5)9/h2-4H,1H3,(H2,9,10,11)/b3-2+. The summed E-state index contributed by atoms with van der Waals surface area (Å²) in [5.41, 5.74) is 6.09. The molecule has 0 aliphatic carbocycles. The van der Waals surface area contributed by atoms with E-state index in [4.69, 9.17) is 22.1 Å². The highest BCUT2D eigenvalue weighted by Crippen LogP contribution is 2.18. The molecule has 0 saturated heterocycles. The third-order valence-corrected chi connectivity index (χ3v) is 1.54. The summed E-state index contributed by atoms with van der Waals surface area (Å²) >= 11 is 5.73. The maximum Gasteiger partial charge on any atom is 0.141 e. The summed E-state index contributed by atoms with van der Waals surface area (Å²) in [5, 5.41) is 0.316. The Labute approximate surface area is 75.0 Å². The molecule has 64 valence electrons. The van der Waals surface area contributed by atoms with Gasteiger partial charge < -0.3 is 10.5 Å². The van der Waals surface area contributed by atoms with Crippen LogP contribution in [-0.2, 0) is 4.74 Å². The lowest BCUT2D eigenvalue weighted by Crippen LogP contribution is -1.95. The van der Waals surface area contributed by atoms with Crippen molar-refractivity contribution in [2.45, 2.75) is 0 Å². The molecule has 2 N–H and O–H groups in total. The van der Waals surface area contributed by atoms with Crippen molar-refractivity contribution in [2.24, 2.45) is 0 Å². The van der Waals surface area contributed by atoms with Gasteiger partial charge in [0.1, 0.15) is 17.3 Å². The van der Waals surface area contributed by atoms with Gasteiger partial charge in [-0.2, -0.15) is 0 Å². The van der Waals surface area contributed by atoms with E-state index in [1.165, 1.54) is 19.7 Å². The van der Waals surface area contributed by atoms with Crippen LogP contribution >= 0.6 is 11.6 Å². The Bertz CT molecular complexity index is 280. The molecular weight excluding hydrogens is 178 g/mol. The van der Waals surface area contributed by atoms with Crippen LogP contribution in [-0.4, -0.2) is 17.1 Å². The Morgan fingerprint density at radius 2 is 2.33 bits per heavy atom. The molecule has 0 aliphatic heterocycles. The predicted molar refractivity (Wildman–Crippen MR) is 47.5 cm³/mol. The van der Waals surface area contributed by atoms with E-state index in [0.717, 1.165) is 0 Å². The monoisotopic (exact) mass is 185 g/mol. The zero-order valence-corrected chi connectivity index (χ0v) is 7.25. The third kappa shape index (κ3) is 1.85. The van der Waals surface area contributed by atoms with Gasteiger partial charge in [0.2, 0.25) is 0 Å². The number of aromatic nitrogens is 2. The fourth-order valence-corrected chi connectivity index (χ4v) is 0.880. The lowest BCUT2D eigenvalue weighted by Gasteiger charge is -1.99. The molecular formula is C7H8ClN3O. The lowest BCUT2D eigenvalue weighted by molar-refractivity contribution is 0.341. The van der Waals surface area contributed by atoms with Crippen molar-refractivity contribution in [3.63, 3.8) is 0 Å². The van der Waals surface area contributed by atoms with Crippen LogP contribution in [0.1, 0.15) is 5.56 Å². The van der Waals surface area contributed by atoms with E-state index in [-0.39, 0.29) is 0 Å². The van der Waals surface area contributed by atoms with Crippen LogP contribution in [0.2, 0.25) is 5.15 Å². The molecule has 0 amide bonds. The largest absolute Gasteiger partial charge is 0.504 e. The Balaban J connectivity index is 3.04. The molecule has 0 fully saturated rings. The highest BCUT2D eigenvalue weighted by atomic mass is 35.5. The SMILES string of the molecule is CO/C=C/c1c(N)ncnc1Cl. The number of hydrogen-bond acceptors (Lipinski definition) is 4. The number of nitrogens with two attached hydrogens (primary N) is 1. The fourth-order valence-electron chi connectivity index (χ4n) is 0.677. The van der Waals surface area contributed by atoms with E-state index in [0.29, 0.717) is 16.5 Å². The van der Waals surface area contributed by atoms with Gasteiger partial charge in [0.15, 0.2) is 0 Å². The average molecular weight is 186 g/mol. The van der Waals surface area contributed by atoms with Crippen molar-refractivity contribution >= 4 is 23.5 Å². The maximum atomic E-state index is 5.73. The highest BCUT2D eigenvalue weighted by molar-refractivity contribution is 6.31. The molecule has 0 saturated carbocycles. The van der Waals surface area contributed by atoms with E-state index >= 15 is 0 Å². The molecule has 0 aliphatic rings. The molecule has 4 nitrogen and oxygen atoms in total. The number of ether oxygens (including phenoxy) is 1. The van der Waals surface area contributed by atoms with Gasteiger partial charge in [-0.25, -0.2) is 9.97 Å². The highest BCUT2D eigenvalue weighted by Gasteiger charge is 2.02. The molecule has 0 aromatic carbocycles. The van der Waals surface area contributed by atoms with Gasteiger partial charge >= 0.3 is 0 Å². The molecule has 0 radical (unpaired) electrons. The number of hydrogen-bond donors (Lipinski definition) is 1. The smallest absolute Gasteiger partial charge is 0.141 e. The molecule has 0 unspecified atom stereocenters. The maximum absolute atomic E-state index is 5.73. The van der Waals surface area contributed by atoms with Crippen LogP contribution < -0.4 is 5.73 Å². The number of halogens is 1. The van der Waals surface area contributed by atoms with E-state index < -0.39 is 0 Å². The predicted octanol–water partition coefficient (Wildman–Crippen LogP) is 1.33. The van der Waals surface area contributed by atoms with Crippen molar-refractivity contribution < 1.29 is 4.74 Å². The van der Waals surface area contributed by atoms with E-state index in [1.54, 1.807) is 6.08 Å². The van der Waals surface area contributed by atoms with Crippen molar-refractivity contribution in [2.75, 3.05) is 12.8 Å². The quantitative estimate of drug-likeness (QED) is 0.558. The summed E-state index contributed by atoms with van der Waals surface area (Å²) < 4.78 is 4.71. The molecule has 1 aromatic heterocycles. The van der Waals surface area contributed by atoms with Crippen LogP contribution in [0.3, 0.4) is 0 Å². The summed E-state index contributed by atoms with van der Waals surface area (Å²) in [5.74, 6) is 0.336. The van der Waals surface area contributed by atoms with E-state index in [2.05, 4.69) is 9.97 Å². The van der Waals surface area contributed by atoms with Crippen LogP contribution in [0.5, 0.6) is 0 Å². The minimum absolute atomic E-state index is 0.316. The molecule has 1 rings (SSSR count). The minimum Gasteiger partial charge on any atom is -0.504 e. The second kappa shape index (κ2) is 3.92. The van der Waals surface area contributed by atoms with Gasteiger partial charge in [-0.3, -0.25) is 0 Å². The number of nitrogen functional groups attached to an aromatic ring is 1. The second-order valence-electron chi connectivity index (χ2n) is 2.00. The first kappa shape index (κ1) is 8.80. The first-order valence-corrected chi connectivity index (χ1v) is 3.59. The lowest BCUT2D eigenvalue weighted by atomic mass is 10.3. The fraction of sp³-hybridized carbons (Fsp3) is 0.143. The molecule has 0 bridgehead atoms. The summed E-state index contributed by atoms with van der Waals surface area (Å²) in [4.78, 5) is 7.53. The zero-order chi connectivity index (χ0) is 8.97. The summed E-state index contributed by atoms with van der Waals surface area (Å²) in [6.45, 7) is 0. The number of methoxy groups -OCH3 is 1. The topological polar surface area (TPSA) is 61.0 Å². The number of anilines is 1. The van der Waals surface area contributed by atoms with Gasteiger partial charge in [0, 0.05) is 0 Å². The van der Waals surface area contributed by atoms with Crippen molar-refractivity contribution in [3.8, 4) is 0 Å². The number of nitrogens with zero attached hydrogens (tertiary/aromatic N) is 2. The first-order valence-electron chi connectivity index (χ1n) is 3.21. The summed E-state index contributed by atoms with van der Waals surface area (Å²) in [6.07, 6.45) is 4.38. The van der Waals surface area contributed by atoms with Gasteiger partial charge in [-0.1, -0.05) is 11.6 Å². The van der Waals surface area contributed by atoms with Gasteiger partial charge in [0.25, 0.3) is 0 Å². The summed E-state index contributed by atoms with van der Waals surface area (Å²) in [6, 6.07) is 0. The zero-order valence-electron chi connectivity index (χ0n) is 6.49. The molecule has 5 heteroatoms. The van der Waals surface area contributed by atoms with Gasteiger partial charge in [-0.15, -0.1) is 0 Å². The molecule has 0 spiro atoms. The molecule has 1 heterocycles. The van der Waals surface area contributed by atoms with Crippen LogP contribution in [0.25, 0.3) is 6.08 Å². The van der Waals surface area contributed by atoms with Crippen molar-refractivity contribution in [3.05, 3.63) is 23.3 Å². The van der Waals surface area contributed by atoms with Crippen molar-refractivity contribution in [1.29, 1.82) is 0 Å². The normalized spacial score (nSPS) is 10.5. The molecule has 0 atom stereocenters. The Hall–Kier alpha value is -1.29. The number of rotatable bonds is 2. The van der Waals surface area contributed by atoms with Crippen molar-refractivity contribution in [1.82, 2.24) is 9.97 Å². The van der Waals surface area contributed by atoms with Crippen LogP contribution in [0.4, 0.5) is 5.82 Å². The van der Waals surface area contributed by atoms with E-state index in [1.807, 2.05) is 0 Å². The minimum atomic E-state index is 0.316. The Morgan fingerprint density at radius 1 is 1.58 bits per heavy atom. The van der Waals surface area contributed by atoms with E-state index in [9.17, 15) is 0 Å². The first-order chi connectivity index (χ1) is 5.75. The summed E-state index contributed by atoms with van der Waals surface area (Å²) in [7, 11) is 1.53. The van der Waals surface area contributed by atoms with Gasteiger partial charge in [-0.05, 0) is 6.08 Å².